The summed E-state index contributed by atoms with van der Waals surface area (Å²) in [5.41, 5.74) is 0.689. The molecule has 0 bridgehead atoms. The van der Waals surface area contributed by atoms with Crippen LogP contribution in [0.2, 0.25) is 0 Å². The Kier molecular flexibility index (Phi) is 9.59. The zero-order valence-electron chi connectivity index (χ0n) is 21.2. The van der Waals surface area contributed by atoms with Crippen molar-refractivity contribution in [1.29, 1.82) is 0 Å². The van der Waals surface area contributed by atoms with Gasteiger partial charge in [-0.15, -0.1) is 0 Å². The highest BCUT2D eigenvalue weighted by Crippen LogP contribution is 2.34. The third-order valence-corrected chi connectivity index (χ3v) is 8.93. The molecule has 0 spiro atoms. The summed E-state index contributed by atoms with van der Waals surface area (Å²) < 4.78 is 39.7. The van der Waals surface area contributed by atoms with E-state index < -0.39 is 22.2 Å². The summed E-state index contributed by atoms with van der Waals surface area (Å²) in [6, 6.07) is 4.32. The van der Waals surface area contributed by atoms with Crippen LogP contribution in [-0.4, -0.2) is 81.2 Å². The number of likely N-dealkylation sites (N-methyl/N-ethyl adjacent to an activating group) is 1. The second-order valence-corrected chi connectivity index (χ2v) is 11.6. The van der Waals surface area contributed by atoms with Crippen LogP contribution in [0.15, 0.2) is 23.1 Å². The van der Waals surface area contributed by atoms with Gasteiger partial charge in [0.2, 0.25) is 15.9 Å². The third kappa shape index (κ3) is 6.76. The van der Waals surface area contributed by atoms with Crippen LogP contribution < -0.4 is 4.74 Å². The highest BCUT2D eigenvalue weighted by molar-refractivity contribution is 7.89. The Morgan fingerprint density at radius 1 is 1.34 bits per heavy atom. The van der Waals surface area contributed by atoms with Crippen molar-refractivity contribution in [2.24, 2.45) is 11.8 Å². The molecule has 1 fully saturated rings. The average molecular weight is 507 g/mol. The average Bonchev–Trinajstić information content (AvgIpc) is 3.34. The van der Waals surface area contributed by atoms with E-state index in [4.69, 9.17) is 9.47 Å². The second kappa shape index (κ2) is 12.2. The van der Waals surface area contributed by atoms with E-state index in [9.17, 15) is 18.3 Å². The van der Waals surface area contributed by atoms with Crippen LogP contribution in [0.25, 0.3) is 0 Å². The molecule has 1 aromatic rings. The molecule has 194 valence electrons. The van der Waals surface area contributed by atoms with Gasteiger partial charge in [0.15, 0.2) is 0 Å². The molecule has 35 heavy (non-hydrogen) atoms. The van der Waals surface area contributed by atoms with Gasteiger partial charge in [-0.3, -0.25) is 4.79 Å². The Bertz CT molecular complexity index is 1040. The quantitative estimate of drug-likeness (QED) is 0.571. The van der Waals surface area contributed by atoms with E-state index in [2.05, 4.69) is 11.8 Å². The van der Waals surface area contributed by atoms with E-state index in [1.54, 1.807) is 26.1 Å². The van der Waals surface area contributed by atoms with Crippen molar-refractivity contribution in [2.45, 2.75) is 63.0 Å². The molecule has 1 aliphatic heterocycles. The lowest BCUT2D eigenvalue weighted by Crippen LogP contribution is -2.50. The summed E-state index contributed by atoms with van der Waals surface area (Å²) in [5, 5.41) is 9.77. The van der Waals surface area contributed by atoms with E-state index in [0.29, 0.717) is 11.5 Å². The van der Waals surface area contributed by atoms with Crippen molar-refractivity contribution in [3.05, 3.63) is 23.8 Å². The van der Waals surface area contributed by atoms with Gasteiger partial charge in [-0.05, 0) is 43.9 Å². The minimum Gasteiger partial charge on any atom is -0.487 e. The number of aliphatic hydroxyl groups is 1. The lowest BCUT2D eigenvalue weighted by atomic mass is 10.0. The van der Waals surface area contributed by atoms with Crippen LogP contribution in [0.3, 0.4) is 0 Å². The van der Waals surface area contributed by atoms with Crippen molar-refractivity contribution in [3.63, 3.8) is 0 Å². The highest BCUT2D eigenvalue weighted by atomic mass is 32.2. The molecule has 1 amide bonds. The van der Waals surface area contributed by atoms with Gasteiger partial charge in [-0.25, -0.2) is 8.42 Å². The van der Waals surface area contributed by atoms with Crippen LogP contribution in [0.1, 0.15) is 51.5 Å². The Morgan fingerprint density at radius 3 is 2.71 bits per heavy atom. The van der Waals surface area contributed by atoms with E-state index in [1.807, 2.05) is 6.92 Å². The zero-order chi connectivity index (χ0) is 25.6. The topological polar surface area (TPSA) is 96.4 Å². The Morgan fingerprint density at radius 2 is 2.06 bits per heavy atom. The van der Waals surface area contributed by atoms with Gasteiger partial charge in [0.05, 0.1) is 13.2 Å². The van der Waals surface area contributed by atoms with Crippen LogP contribution in [0.4, 0.5) is 0 Å². The predicted molar refractivity (Wildman–Crippen MR) is 133 cm³/mol. The summed E-state index contributed by atoms with van der Waals surface area (Å²) in [4.78, 5) is 13.9. The lowest BCUT2D eigenvalue weighted by molar-refractivity contribution is -0.135. The molecule has 8 nitrogen and oxygen atoms in total. The summed E-state index contributed by atoms with van der Waals surface area (Å²) in [5.74, 6) is 6.85. The number of ether oxygens (including phenoxy) is 2. The maximum Gasteiger partial charge on any atom is 0.248 e. The fourth-order valence-corrected chi connectivity index (χ4v) is 6.46. The number of rotatable bonds is 7. The minimum absolute atomic E-state index is 0.0434. The normalized spacial score (nSPS) is 23.2. The van der Waals surface area contributed by atoms with E-state index in [-0.39, 0.29) is 48.8 Å². The van der Waals surface area contributed by atoms with Gasteiger partial charge in [-0.1, -0.05) is 31.6 Å². The molecule has 0 radical (unpaired) electrons. The maximum absolute atomic E-state index is 13.6. The van der Waals surface area contributed by atoms with Gasteiger partial charge in [0, 0.05) is 44.6 Å². The van der Waals surface area contributed by atoms with Gasteiger partial charge < -0.3 is 19.5 Å². The smallest absolute Gasteiger partial charge is 0.248 e. The monoisotopic (exact) mass is 506 g/mol. The Balaban J connectivity index is 1.96. The number of fused-ring (bicyclic) bond motifs is 1. The summed E-state index contributed by atoms with van der Waals surface area (Å²) in [7, 11) is -0.777. The molecule has 1 aromatic carbocycles. The lowest BCUT2D eigenvalue weighted by Gasteiger charge is -2.37. The molecule has 1 aliphatic carbocycles. The number of carbonyl (C=O) groups is 1. The predicted octanol–water partition coefficient (Wildman–Crippen LogP) is 2.49. The third-order valence-electron chi connectivity index (χ3n) is 6.91. The highest BCUT2D eigenvalue weighted by Gasteiger charge is 2.38. The number of amides is 1. The van der Waals surface area contributed by atoms with Crippen LogP contribution in [0, 0.1) is 23.7 Å². The SMILES string of the molecule is COCC(=O)N(C)C[C@@H]1Oc2cc(C#CCC3CCCC3)ccc2S(=O)(=O)N([C@H](C)CO)C[C@@H]1C. The number of sulfonamides is 1. The van der Waals surface area contributed by atoms with Crippen molar-refractivity contribution in [2.75, 3.05) is 40.5 Å². The fraction of sp³-hybridized carbons (Fsp3) is 0.654. The first kappa shape index (κ1) is 27.5. The van der Waals surface area contributed by atoms with E-state index in [1.165, 1.54) is 48.1 Å². The van der Waals surface area contributed by atoms with Crippen LogP contribution in [0.5, 0.6) is 5.75 Å². The standard InChI is InChI=1S/C26H38N2O6S/c1-19-15-28(20(2)17-29)35(31,32)25-13-12-22(11-7-10-21-8-5-6-9-21)14-23(25)34-24(19)16-27(3)26(30)18-33-4/h12-14,19-21,24,29H,5-6,8-10,15-18H2,1-4H3/t19-,20+,24-/m0/s1. The van der Waals surface area contributed by atoms with Gasteiger partial charge in [0.1, 0.15) is 23.4 Å². The molecule has 3 atom stereocenters. The Hall–Kier alpha value is -2.12. The maximum atomic E-state index is 13.6. The van der Waals surface area contributed by atoms with Crippen molar-refractivity contribution < 1.29 is 27.8 Å². The number of benzene rings is 1. The molecule has 0 saturated heterocycles. The molecular formula is C26H38N2O6S. The van der Waals surface area contributed by atoms with Gasteiger partial charge >= 0.3 is 0 Å². The first-order valence-corrected chi connectivity index (χ1v) is 13.8. The first-order chi connectivity index (χ1) is 16.7. The number of nitrogens with zero attached hydrogens (tertiary/aromatic N) is 2. The number of methoxy groups -OCH3 is 1. The number of hydrogen-bond donors (Lipinski definition) is 1. The molecule has 1 N–H and O–H groups in total. The van der Waals surface area contributed by atoms with Crippen molar-refractivity contribution in [1.82, 2.24) is 9.21 Å². The molecule has 3 rings (SSSR count). The Labute approximate surface area is 209 Å². The van der Waals surface area contributed by atoms with Crippen LogP contribution in [-0.2, 0) is 19.6 Å². The molecule has 1 saturated carbocycles. The number of carbonyl (C=O) groups excluding carboxylic acids is 1. The number of hydrogen-bond acceptors (Lipinski definition) is 6. The largest absolute Gasteiger partial charge is 0.487 e. The molecule has 0 aromatic heterocycles. The summed E-state index contributed by atoms with van der Waals surface area (Å²) >= 11 is 0. The van der Waals surface area contributed by atoms with Gasteiger partial charge in [0.25, 0.3) is 0 Å². The fourth-order valence-electron chi connectivity index (χ4n) is 4.64. The van der Waals surface area contributed by atoms with E-state index >= 15 is 0 Å². The van der Waals surface area contributed by atoms with Gasteiger partial charge in [-0.2, -0.15) is 4.31 Å². The molecule has 2 aliphatic rings. The minimum atomic E-state index is -3.91. The molecule has 1 heterocycles. The van der Waals surface area contributed by atoms with E-state index in [0.717, 1.165) is 6.42 Å². The van der Waals surface area contributed by atoms with Crippen molar-refractivity contribution in [3.8, 4) is 17.6 Å². The molecule has 9 heteroatoms. The summed E-state index contributed by atoms with van der Waals surface area (Å²) in [6.45, 7) is 3.65. The molecule has 0 unspecified atom stereocenters. The van der Waals surface area contributed by atoms with Crippen LogP contribution >= 0.6 is 0 Å². The number of aliphatic hydroxyl groups excluding tert-OH is 1. The second-order valence-electron chi connectivity index (χ2n) is 9.77. The first-order valence-electron chi connectivity index (χ1n) is 12.3. The summed E-state index contributed by atoms with van der Waals surface area (Å²) in [6.07, 6.45) is 5.33. The molecular weight excluding hydrogens is 468 g/mol. The van der Waals surface area contributed by atoms with Crippen molar-refractivity contribution >= 4 is 15.9 Å². The zero-order valence-corrected chi connectivity index (χ0v) is 22.0.